The summed E-state index contributed by atoms with van der Waals surface area (Å²) in [4.78, 5) is 11.4. The highest BCUT2D eigenvalue weighted by Gasteiger charge is 2.67. The van der Waals surface area contributed by atoms with Crippen molar-refractivity contribution >= 4 is 5.97 Å². The van der Waals surface area contributed by atoms with E-state index in [2.05, 4.69) is 4.74 Å². The van der Waals surface area contributed by atoms with E-state index in [1.807, 2.05) is 6.07 Å². The number of hydrogen-bond acceptors (Lipinski definition) is 4. The van der Waals surface area contributed by atoms with Gasteiger partial charge in [0.25, 0.3) is 5.60 Å². The van der Waals surface area contributed by atoms with Crippen LogP contribution in [0, 0.1) is 17.2 Å². The molecule has 15 heavy (non-hydrogen) atoms. The molecule has 2 rings (SSSR count). The van der Waals surface area contributed by atoms with Gasteiger partial charge < -0.3 is 9.47 Å². The zero-order chi connectivity index (χ0) is 10.9. The third-order valence-corrected chi connectivity index (χ3v) is 3.39. The summed E-state index contributed by atoms with van der Waals surface area (Å²) in [7, 11) is 1.29. The normalized spacial score (nSPS) is 35.6. The largest absolute Gasteiger partial charge is 0.466 e. The van der Waals surface area contributed by atoms with E-state index in [1.54, 1.807) is 0 Å². The predicted molar refractivity (Wildman–Crippen MR) is 51.8 cm³/mol. The van der Waals surface area contributed by atoms with Crippen molar-refractivity contribution in [2.75, 3.05) is 7.11 Å². The van der Waals surface area contributed by atoms with Crippen molar-refractivity contribution in [3.05, 3.63) is 0 Å². The standard InChI is InChI=1S/C11H15NO3/c1-14-10(13)11(7-12)9(15-11)8-5-3-2-4-6-8/h8-9H,2-6H2,1H3/t9-,11+/m1/s1. The molecule has 82 valence electrons. The molecular weight excluding hydrogens is 194 g/mol. The second-order valence-corrected chi connectivity index (χ2v) is 4.28. The molecule has 1 saturated carbocycles. The third-order valence-electron chi connectivity index (χ3n) is 3.39. The highest BCUT2D eigenvalue weighted by Crippen LogP contribution is 2.46. The molecular formula is C11H15NO3. The maximum Gasteiger partial charge on any atom is 0.356 e. The van der Waals surface area contributed by atoms with Crippen LogP contribution in [-0.4, -0.2) is 24.8 Å². The summed E-state index contributed by atoms with van der Waals surface area (Å²) in [5.41, 5.74) is -1.28. The van der Waals surface area contributed by atoms with Gasteiger partial charge in [0.2, 0.25) is 0 Å². The first-order valence-electron chi connectivity index (χ1n) is 5.42. The SMILES string of the molecule is COC(=O)[C@@]1(C#N)O[C@@H]1C1CCCCC1. The Morgan fingerprint density at radius 3 is 2.67 bits per heavy atom. The number of methoxy groups -OCH3 is 1. The van der Waals surface area contributed by atoms with E-state index in [0.717, 1.165) is 12.8 Å². The van der Waals surface area contributed by atoms with Crippen molar-refractivity contribution in [1.29, 1.82) is 5.26 Å². The van der Waals surface area contributed by atoms with E-state index in [1.165, 1.54) is 26.4 Å². The topological polar surface area (TPSA) is 62.6 Å². The second-order valence-electron chi connectivity index (χ2n) is 4.28. The number of nitriles is 1. The van der Waals surface area contributed by atoms with Crippen LogP contribution in [0.3, 0.4) is 0 Å². The molecule has 0 aromatic rings. The summed E-state index contributed by atoms with van der Waals surface area (Å²) in [5, 5.41) is 8.98. The van der Waals surface area contributed by atoms with Gasteiger partial charge in [0.05, 0.1) is 7.11 Å². The maximum absolute atomic E-state index is 11.4. The quantitative estimate of drug-likeness (QED) is 0.509. The van der Waals surface area contributed by atoms with Crippen LogP contribution in [0.5, 0.6) is 0 Å². The molecule has 2 fully saturated rings. The molecule has 0 bridgehead atoms. The molecule has 1 aliphatic carbocycles. The molecule has 0 amide bonds. The van der Waals surface area contributed by atoms with E-state index in [-0.39, 0.29) is 6.10 Å². The summed E-state index contributed by atoms with van der Waals surface area (Å²) < 4.78 is 9.91. The Morgan fingerprint density at radius 1 is 1.47 bits per heavy atom. The van der Waals surface area contributed by atoms with Crippen molar-refractivity contribution in [3.63, 3.8) is 0 Å². The lowest BCUT2D eigenvalue weighted by molar-refractivity contribution is -0.144. The number of ether oxygens (including phenoxy) is 2. The van der Waals surface area contributed by atoms with Gasteiger partial charge in [-0.05, 0) is 18.8 Å². The average molecular weight is 209 g/mol. The number of nitrogens with zero attached hydrogens (tertiary/aromatic N) is 1. The first-order chi connectivity index (χ1) is 7.24. The monoisotopic (exact) mass is 209 g/mol. The predicted octanol–water partition coefficient (Wildman–Crippen LogP) is 1.40. The summed E-state index contributed by atoms with van der Waals surface area (Å²) in [6.45, 7) is 0. The molecule has 2 atom stereocenters. The van der Waals surface area contributed by atoms with E-state index >= 15 is 0 Å². The molecule has 4 heteroatoms. The van der Waals surface area contributed by atoms with Crippen molar-refractivity contribution in [2.24, 2.45) is 5.92 Å². The lowest BCUT2D eigenvalue weighted by atomic mass is 9.83. The fourth-order valence-electron chi connectivity index (χ4n) is 2.48. The average Bonchev–Trinajstić information content (AvgIpc) is 3.05. The van der Waals surface area contributed by atoms with Gasteiger partial charge in [0, 0.05) is 0 Å². The van der Waals surface area contributed by atoms with Crippen molar-refractivity contribution in [3.8, 4) is 6.07 Å². The van der Waals surface area contributed by atoms with Gasteiger partial charge in [-0.25, -0.2) is 4.79 Å². The van der Waals surface area contributed by atoms with Crippen molar-refractivity contribution in [1.82, 2.24) is 0 Å². The smallest absolute Gasteiger partial charge is 0.356 e. The highest BCUT2D eigenvalue weighted by atomic mass is 16.7. The lowest BCUT2D eigenvalue weighted by Crippen LogP contribution is -2.30. The first-order valence-corrected chi connectivity index (χ1v) is 5.42. The van der Waals surface area contributed by atoms with E-state index < -0.39 is 11.6 Å². The maximum atomic E-state index is 11.4. The molecule has 0 N–H and O–H groups in total. The van der Waals surface area contributed by atoms with Crippen LogP contribution in [0.2, 0.25) is 0 Å². The van der Waals surface area contributed by atoms with E-state index in [9.17, 15) is 4.79 Å². The number of hydrogen-bond donors (Lipinski definition) is 0. The molecule has 0 aromatic heterocycles. The Balaban J connectivity index is 2.02. The Morgan fingerprint density at radius 2 is 2.13 bits per heavy atom. The van der Waals surface area contributed by atoms with E-state index in [4.69, 9.17) is 10.00 Å². The van der Waals surface area contributed by atoms with Gasteiger partial charge >= 0.3 is 5.97 Å². The Hall–Kier alpha value is -1.08. The van der Waals surface area contributed by atoms with Crippen LogP contribution in [0.25, 0.3) is 0 Å². The van der Waals surface area contributed by atoms with Crippen molar-refractivity contribution in [2.45, 2.75) is 43.8 Å². The van der Waals surface area contributed by atoms with Crippen LogP contribution in [-0.2, 0) is 14.3 Å². The van der Waals surface area contributed by atoms with Gasteiger partial charge in [-0.2, -0.15) is 5.26 Å². The minimum absolute atomic E-state index is 0.227. The van der Waals surface area contributed by atoms with Gasteiger partial charge in [-0.15, -0.1) is 0 Å². The molecule has 1 heterocycles. The molecule has 0 spiro atoms. The minimum atomic E-state index is -1.28. The second kappa shape index (κ2) is 3.82. The molecule has 2 aliphatic rings. The number of rotatable bonds is 2. The zero-order valence-electron chi connectivity index (χ0n) is 8.86. The van der Waals surface area contributed by atoms with Crippen LogP contribution in [0.1, 0.15) is 32.1 Å². The summed E-state index contributed by atoms with van der Waals surface area (Å²) in [5.74, 6) is -0.182. The molecule has 0 radical (unpaired) electrons. The van der Waals surface area contributed by atoms with Gasteiger partial charge in [0.1, 0.15) is 12.2 Å². The zero-order valence-corrected chi connectivity index (χ0v) is 8.86. The van der Waals surface area contributed by atoms with Crippen molar-refractivity contribution < 1.29 is 14.3 Å². The molecule has 0 unspecified atom stereocenters. The number of carbonyl (C=O) groups is 1. The Kier molecular flexibility index (Phi) is 2.66. The number of esters is 1. The molecule has 4 nitrogen and oxygen atoms in total. The van der Waals surface area contributed by atoms with E-state index in [0.29, 0.717) is 5.92 Å². The minimum Gasteiger partial charge on any atom is -0.466 e. The summed E-state index contributed by atoms with van der Waals surface area (Å²) >= 11 is 0. The van der Waals surface area contributed by atoms with Crippen LogP contribution < -0.4 is 0 Å². The molecule has 0 aromatic carbocycles. The first kappa shape index (κ1) is 10.4. The van der Waals surface area contributed by atoms with Gasteiger partial charge in [-0.1, -0.05) is 19.3 Å². The lowest BCUT2D eigenvalue weighted by Gasteiger charge is -2.19. The van der Waals surface area contributed by atoms with Gasteiger partial charge in [-0.3, -0.25) is 0 Å². The van der Waals surface area contributed by atoms with Crippen LogP contribution in [0.4, 0.5) is 0 Å². The van der Waals surface area contributed by atoms with Crippen LogP contribution >= 0.6 is 0 Å². The molecule has 1 saturated heterocycles. The number of carbonyl (C=O) groups excluding carboxylic acids is 1. The fourth-order valence-corrected chi connectivity index (χ4v) is 2.48. The fraction of sp³-hybridized carbons (Fsp3) is 0.818. The third kappa shape index (κ3) is 1.61. The summed E-state index contributed by atoms with van der Waals surface area (Å²) in [6, 6.07) is 1.95. The Labute approximate surface area is 89.2 Å². The highest BCUT2D eigenvalue weighted by molar-refractivity contribution is 5.87. The van der Waals surface area contributed by atoms with Gasteiger partial charge in [0.15, 0.2) is 0 Å². The van der Waals surface area contributed by atoms with Crippen LogP contribution in [0.15, 0.2) is 0 Å². The number of epoxide rings is 1. The Bertz CT molecular complexity index is 303. The molecule has 1 aliphatic heterocycles. The summed E-state index contributed by atoms with van der Waals surface area (Å²) in [6.07, 6.45) is 5.49.